The van der Waals surface area contributed by atoms with Gasteiger partial charge in [-0.05, 0) is 49.9 Å². The Morgan fingerprint density at radius 3 is 2.78 bits per heavy atom. The van der Waals surface area contributed by atoms with E-state index in [4.69, 9.17) is 4.74 Å². The van der Waals surface area contributed by atoms with Gasteiger partial charge in [-0.3, -0.25) is 0 Å². The highest BCUT2D eigenvalue weighted by Gasteiger charge is 2.20. The van der Waals surface area contributed by atoms with Gasteiger partial charge in [-0.15, -0.1) is 0 Å². The molecule has 2 nitrogen and oxygen atoms in total. The Morgan fingerprint density at radius 2 is 2.17 bits per heavy atom. The molecule has 2 atom stereocenters. The van der Waals surface area contributed by atoms with E-state index in [-0.39, 0.29) is 5.82 Å². The molecule has 0 aromatic heterocycles. The van der Waals surface area contributed by atoms with Crippen LogP contribution in [0.1, 0.15) is 31.7 Å². The van der Waals surface area contributed by atoms with Crippen LogP contribution in [0.5, 0.6) is 0 Å². The molecule has 1 aromatic carbocycles. The zero-order chi connectivity index (χ0) is 12.8. The molecule has 0 bridgehead atoms. The van der Waals surface area contributed by atoms with Gasteiger partial charge in [0.2, 0.25) is 0 Å². The van der Waals surface area contributed by atoms with Gasteiger partial charge < -0.3 is 10.1 Å². The van der Waals surface area contributed by atoms with Crippen LogP contribution in [0.15, 0.2) is 24.3 Å². The number of benzene rings is 1. The van der Waals surface area contributed by atoms with Gasteiger partial charge in [-0.2, -0.15) is 0 Å². The molecular formula is C15H22FNO. The third-order valence-corrected chi connectivity index (χ3v) is 3.46. The van der Waals surface area contributed by atoms with Crippen LogP contribution >= 0.6 is 0 Å². The van der Waals surface area contributed by atoms with Crippen molar-refractivity contribution >= 4 is 0 Å². The fourth-order valence-corrected chi connectivity index (χ4v) is 2.58. The first-order chi connectivity index (χ1) is 8.78. The Hall–Kier alpha value is -0.930. The fraction of sp³-hybridized carbons (Fsp3) is 0.600. The summed E-state index contributed by atoms with van der Waals surface area (Å²) < 4.78 is 18.6. The number of halogens is 1. The Balaban J connectivity index is 1.90. The average molecular weight is 251 g/mol. The molecule has 0 saturated carbocycles. The molecule has 1 fully saturated rings. The van der Waals surface area contributed by atoms with Gasteiger partial charge >= 0.3 is 0 Å². The number of ether oxygens (including phenoxy) is 1. The second-order valence-corrected chi connectivity index (χ2v) is 4.96. The van der Waals surface area contributed by atoms with E-state index in [1.807, 2.05) is 12.1 Å². The summed E-state index contributed by atoms with van der Waals surface area (Å²) in [5.74, 6) is -0.169. The van der Waals surface area contributed by atoms with Crippen molar-refractivity contribution in [3.63, 3.8) is 0 Å². The summed E-state index contributed by atoms with van der Waals surface area (Å²) in [4.78, 5) is 0. The van der Waals surface area contributed by atoms with Crippen LogP contribution in [-0.2, 0) is 11.2 Å². The summed E-state index contributed by atoms with van der Waals surface area (Å²) in [6, 6.07) is 7.22. The predicted molar refractivity (Wildman–Crippen MR) is 71.2 cm³/mol. The summed E-state index contributed by atoms with van der Waals surface area (Å²) in [6.45, 7) is 3.98. The van der Waals surface area contributed by atoms with Crippen LogP contribution in [-0.4, -0.2) is 25.3 Å². The summed E-state index contributed by atoms with van der Waals surface area (Å²) in [5, 5.41) is 3.50. The standard InChI is InChI=1S/C15H22FNO/c1-2-17-14(11-15-4-3-9-18-15)10-12-5-7-13(16)8-6-12/h5-8,14-15,17H,2-4,9-11H2,1H3. The summed E-state index contributed by atoms with van der Waals surface area (Å²) in [6.07, 6.45) is 4.74. The quantitative estimate of drug-likeness (QED) is 0.839. The molecule has 1 saturated heterocycles. The van der Waals surface area contributed by atoms with Gasteiger partial charge in [-0.25, -0.2) is 4.39 Å². The summed E-state index contributed by atoms with van der Waals surface area (Å²) in [5.41, 5.74) is 1.18. The first-order valence-electron chi connectivity index (χ1n) is 6.87. The zero-order valence-corrected chi connectivity index (χ0v) is 11.0. The molecule has 0 radical (unpaired) electrons. The summed E-state index contributed by atoms with van der Waals surface area (Å²) >= 11 is 0. The molecule has 1 aliphatic rings. The van der Waals surface area contributed by atoms with Crippen LogP contribution in [0.4, 0.5) is 4.39 Å². The molecule has 2 rings (SSSR count). The number of likely N-dealkylation sites (N-methyl/N-ethyl adjacent to an activating group) is 1. The van der Waals surface area contributed by atoms with Gasteiger partial charge in [0, 0.05) is 12.6 Å². The second-order valence-electron chi connectivity index (χ2n) is 4.96. The van der Waals surface area contributed by atoms with E-state index >= 15 is 0 Å². The van der Waals surface area contributed by atoms with Crippen molar-refractivity contribution in [3.8, 4) is 0 Å². The first-order valence-corrected chi connectivity index (χ1v) is 6.87. The highest BCUT2D eigenvalue weighted by molar-refractivity contribution is 5.17. The van der Waals surface area contributed by atoms with E-state index in [2.05, 4.69) is 12.2 Å². The van der Waals surface area contributed by atoms with Crippen molar-refractivity contribution in [1.82, 2.24) is 5.32 Å². The van der Waals surface area contributed by atoms with Crippen LogP contribution in [0, 0.1) is 5.82 Å². The number of hydrogen-bond acceptors (Lipinski definition) is 2. The minimum absolute atomic E-state index is 0.169. The molecule has 100 valence electrons. The van der Waals surface area contributed by atoms with Crippen LogP contribution in [0.3, 0.4) is 0 Å². The normalized spacial score (nSPS) is 21.1. The Bertz CT molecular complexity index is 346. The van der Waals surface area contributed by atoms with E-state index in [1.54, 1.807) is 0 Å². The third-order valence-electron chi connectivity index (χ3n) is 3.46. The van der Waals surface area contributed by atoms with Crippen molar-refractivity contribution in [2.45, 2.75) is 44.8 Å². The van der Waals surface area contributed by atoms with E-state index in [9.17, 15) is 4.39 Å². The monoisotopic (exact) mass is 251 g/mol. The Kier molecular flexibility index (Phi) is 5.14. The zero-order valence-electron chi connectivity index (χ0n) is 11.0. The molecule has 1 heterocycles. The van der Waals surface area contributed by atoms with Crippen LogP contribution < -0.4 is 5.32 Å². The maximum Gasteiger partial charge on any atom is 0.123 e. The van der Waals surface area contributed by atoms with Crippen molar-refractivity contribution < 1.29 is 9.13 Å². The second kappa shape index (κ2) is 6.86. The van der Waals surface area contributed by atoms with Gasteiger partial charge in [0.15, 0.2) is 0 Å². The third kappa shape index (κ3) is 4.07. The lowest BCUT2D eigenvalue weighted by Crippen LogP contribution is -2.34. The average Bonchev–Trinajstić information content (AvgIpc) is 2.85. The van der Waals surface area contributed by atoms with Crippen LogP contribution in [0.25, 0.3) is 0 Å². The molecule has 1 aromatic rings. The molecule has 1 N–H and O–H groups in total. The van der Waals surface area contributed by atoms with E-state index in [0.29, 0.717) is 12.1 Å². The Labute approximate surface area is 109 Å². The molecule has 3 heteroatoms. The van der Waals surface area contributed by atoms with E-state index in [1.165, 1.54) is 30.5 Å². The van der Waals surface area contributed by atoms with Crippen molar-refractivity contribution in [2.75, 3.05) is 13.2 Å². The fourth-order valence-electron chi connectivity index (χ4n) is 2.58. The van der Waals surface area contributed by atoms with E-state index < -0.39 is 0 Å². The minimum Gasteiger partial charge on any atom is -0.378 e. The van der Waals surface area contributed by atoms with Gasteiger partial charge in [-0.1, -0.05) is 19.1 Å². The molecule has 0 aliphatic carbocycles. The van der Waals surface area contributed by atoms with Crippen molar-refractivity contribution in [2.24, 2.45) is 0 Å². The Morgan fingerprint density at radius 1 is 1.39 bits per heavy atom. The molecule has 0 amide bonds. The van der Waals surface area contributed by atoms with Gasteiger partial charge in [0.25, 0.3) is 0 Å². The lowest BCUT2D eigenvalue weighted by molar-refractivity contribution is 0.0947. The van der Waals surface area contributed by atoms with Crippen molar-refractivity contribution in [1.29, 1.82) is 0 Å². The maximum absolute atomic E-state index is 12.9. The SMILES string of the molecule is CCNC(Cc1ccc(F)cc1)CC1CCCO1. The number of nitrogens with one attached hydrogen (secondary N) is 1. The number of rotatable bonds is 6. The molecule has 18 heavy (non-hydrogen) atoms. The van der Waals surface area contributed by atoms with E-state index in [0.717, 1.165) is 26.0 Å². The van der Waals surface area contributed by atoms with Gasteiger partial charge in [0.05, 0.1) is 6.10 Å². The molecule has 0 spiro atoms. The lowest BCUT2D eigenvalue weighted by Gasteiger charge is -2.21. The molecule has 2 unspecified atom stereocenters. The number of hydrogen-bond donors (Lipinski definition) is 1. The largest absolute Gasteiger partial charge is 0.378 e. The van der Waals surface area contributed by atoms with Crippen molar-refractivity contribution in [3.05, 3.63) is 35.6 Å². The predicted octanol–water partition coefficient (Wildman–Crippen LogP) is 2.92. The first kappa shape index (κ1) is 13.5. The molecular weight excluding hydrogens is 229 g/mol. The minimum atomic E-state index is -0.169. The van der Waals surface area contributed by atoms with Gasteiger partial charge in [0.1, 0.15) is 5.82 Å². The maximum atomic E-state index is 12.9. The lowest BCUT2D eigenvalue weighted by atomic mass is 9.99. The summed E-state index contributed by atoms with van der Waals surface area (Å²) in [7, 11) is 0. The topological polar surface area (TPSA) is 21.3 Å². The van der Waals surface area contributed by atoms with Crippen LogP contribution in [0.2, 0.25) is 0 Å². The smallest absolute Gasteiger partial charge is 0.123 e. The molecule has 1 aliphatic heterocycles. The highest BCUT2D eigenvalue weighted by Crippen LogP contribution is 2.19. The highest BCUT2D eigenvalue weighted by atomic mass is 19.1.